The van der Waals surface area contributed by atoms with Gasteiger partial charge < -0.3 is 0 Å². The minimum Gasteiger partial charge on any atom is -0.135 e. The van der Waals surface area contributed by atoms with Crippen LogP contribution < -0.4 is 0 Å². The lowest BCUT2D eigenvalue weighted by Crippen LogP contribution is -1.93. The quantitative estimate of drug-likeness (QED) is 0.107. The van der Waals surface area contributed by atoms with Crippen molar-refractivity contribution in [3.05, 3.63) is 237 Å². The average molecular weight is 775 g/mol. The minimum absolute atomic E-state index is 0.944. The van der Waals surface area contributed by atoms with Crippen molar-refractivity contribution < 1.29 is 0 Å². The van der Waals surface area contributed by atoms with Crippen LogP contribution in [0.25, 0.3) is 67.3 Å². The zero-order valence-electron chi connectivity index (χ0n) is 33.5. The van der Waals surface area contributed by atoms with Gasteiger partial charge in [0.25, 0.3) is 0 Å². The fourth-order valence-electron chi connectivity index (χ4n) is 9.09. The third-order valence-electron chi connectivity index (χ3n) is 12.1. The van der Waals surface area contributed by atoms with Crippen molar-refractivity contribution >= 4 is 56.4 Å². The van der Waals surface area contributed by atoms with Gasteiger partial charge >= 0.3 is 0 Å². The van der Waals surface area contributed by atoms with E-state index < -0.39 is 0 Å². The van der Waals surface area contributed by atoms with Crippen LogP contribution in [0.5, 0.6) is 0 Å². The van der Waals surface area contributed by atoms with Gasteiger partial charge in [0.2, 0.25) is 0 Å². The molecule has 10 rings (SSSR count). The number of hydrogen-bond donors (Lipinski definition) is 0. The largest absolute Gasteiger partial charge is 0.135 e. The molecule has 0 saturated heterocycles. The van der Waals surface area contributed by atoms with Crippen molar-refractivity contribution in [2.75, 3.05) is 0 Å². The maximum atomic E-state index is 2.45. The number of fused-ring (bicyclic) bond motifs is 9. The third kappa shape index (κ3) is 7.28. The molecule has 0 bridgehead atoms. The molecule has 0 spiro atoms. The van der Waals surface area contributed by atoms with Crippen LogP contribution >= 0.6 is 11.3 Å². The number of thiophene rings is 1. The summed E-state index contributed by atoms with van der Waals surface area (Å²) < 4.78 is 1.30. The van der Waals surface area contributed by atoms with E-state index in [0.717, 1.165) is 19.3 Å². The summed E-state index contributed by atoms with van der Waals surface area (Å²) in [7, 11) is 0. The number of hydrogen-bond acceptors (Lipinski definition) is 1. The first-order valence-electron chi connectivity index (χ1n) is 21.1. The highest BCUT2D eigenvalue weighted by Gasteiger charge is 2.23. The van der Waals surface area contributed by atoms with Crippen LogP contribution in [-0.2, 0) is 12.8 Å². The van der Waals surface area contributed by atoms with Gasteiger partial charge in [-0.25, -0.2) is 0 Å². The summed E-state index contributed by atoms with van der Waals surface area (Å²) >= 11 is 1.87. The van der Waals surface area contributed by atoms with Gasteiger partial charge in [-0.1, -0.05) is 202 Å². The van der Waals surface area contributed by atoms with Gasteiger partial charge in [-0.15, -0.1) is 11.3 Å². The summed E-state index contributed by atoms with van der Waals surface area (Å²) in [6.07, 6.45) is 30.5. The number of rotatable bonds is 8. The Labute approximate surface area is 352 Å². The summed E-state index contributed by atoms with van der Waals surface area (Å²) in [5.74, 6) is 0. The predicted molar refractivity (Wildman–Crippen MR) is 257 cm³/mol. The maximum absolute atomic E-state index is 2.45. The van der Waals surface area contributed by atoms with Crippen molar-refractivity contribution in [1.29, 1.82) is 0 Å². The molecule has 0 radical (unpaired) electrons. The molecular formula is C58H46S. The Kier molecular flexibility index (Phi) is 10.2. The van der Waals surface area contributed by atoms with Crippen LogP contribution in [0.2, 0.25) is 0 Å². The van der Waals surface area contributed by atoms with Gasteiger partial charge in [-0.05, 0) is 121 Å². The number of unbranched alkanes of at least 4 members (excludes halogenated alkanes) is 2. The minimum atomic E-state index is 0.944. The van der Waals surface area contributed by atoms with Crippen molar-refractivity contribution in [3.63, 3.8) is 0 Å². The fourth-order valence-corrected chi connectivity index (χ4v) is 10.2. The Morgan fingerprint density at radius 2 is 1.24 bits per heavy atom. The molecule has 3 aliphatic rings. The summed E-state index contributed by atoms with van der Waals surface area (Å²) in [4.78, 5) is 1.26. The molecule has 0 amide bonds. The van der Waals surface area contributed by atoms with E-state index in [0.29, 0.717) is 0 Å². The molecule has 1 heteroatoms. The molecule has 1 aromatic heterocycles. The topological polar surface area (TPSA) is 0 Å². The van der Waals surface area contributed by atoms with Crippen LogP contribution in [0.15, 0.2) is 182 Å². The summed E-state index contributed by atoms with van der Waals surface area (Å²) in [6.45, 7) is 2.27. The van der Waals surface area contributed by atoms with Gasteiger partial charge in [0.1, 0.15) is 0 Å². The van der Waals surface area contributed by atoms with Crippen LogP contribution in [0.1, 0.15) is 81.1 Å². The van der Waals surface area contributed by atoms with Crippen molar-refractivity contribution in [2.24, 2.45) is 0 Å². The molecule has 0 nitrogen and oxygen atoms in total. The van der Waals surface area contributed by atoms with E-state index in [9.17, 15) is 0 Å². The normalized spacial score (nSPS) is 17.7. The van der Waals surface area contributed by atoms with Crippen LogP contribution in [0, 0.1) is 0 Å². The molecule has 3 aliphatic carbocycles. The maximum Gasteiger partial charge on any atom is 0.0361 e. The molecule has 0 aliphatic heterocycles. The highest BCUT2D eigenvalue weighted by Crippen LogP contribution is 2.43. The van der Waals surface area contributed by atoms with Gasteiger partial charge in [0.15, 0.2) is 0 Å². The SMILES string of the molecule is CCCC/C=C(\C=C/c1ccc(C2=C\c3sc4ccccc4c3\C=C/C=C/C=C\C(c3cccc4c3Cc3ccccc3-4)=C/2)cc1)c1cccc2c1Cc1ccccc1-2. The first kappa shape index (κ1) is 36.8. The summed E-state index contributed by atoms with van der Waals surface area (Å²) in [5.41, 5.74) is 21.1. The Morgan fingerprint density at radius 3 is 2.03 bits per heavy atom. The Bertz CT molecular complexity index is 2950. The van der Waals surface area contributed by atoms with Crippen molar-refractivity contribution in [2.45, 2.75) is 39.0 Å². The molecule has 0 fully saturated rings. The van der Waals surface area contributed by atoms with Crippen LogP contribution in [-0.4, -0.2) is 0 Å². The molecule has 7 aromatic rings. The van der Waals surface area contributed by atoms with E-state index in [-0.39, 0.29) is 0 Å². The molecular weight excluding hydrogens is 729 g/mol. The van der Waals surface area contributed by atoms with Crippen LogP contribution in [0.4, 0.5) is 0 Å². The number of allylic oxidation sites excluding steroid dienone is 11. The monoisotopic (exact) mass is 774 g/mol. The number of benzene rings is 6. The van der Waals surface area contributed by atoms with E-state index in [1.807, 2.05) is 11.3 Å². The van der Waals surface area contributed by atoms with E-state index in [1.165, 1.54) is 117 Å². The summed E-state index contributed by atoms with van der Waals surface area (Å²) in [6, 6.07) is 49.4. The average Bonchev–Trinajstić information content (AvgIpc) is 3.96. The van der Waals surface area contributed by atoms with Gasteiger partial charge in [0, 0.05) is 20.5 Å². The Hall–Kier alpha value is -6.54. The lowest BCUT2D eigenvalue weighted by atomic mass is 9.91. The van der Waals surface area contributed by atoms with Crippen LogP contribution in [0.3, 0.4) is 0 Å². The van der Waals surface area contributed by atoms with E-state index in [4.69, 9.17) is 0 Å². The van der Waals surface area contributed by atoms with Crippen molar-refractivity contribution in [3.8, 4) is 22.3 Å². The molecule has 0 atom stereocenters. The van der Waals surface area contributed by atoms with Gasteiger partial charge in [-0.2, -0.15) is 0 Å². The Morgan fingerprint density at radius 1 is 0.576 bits per heavy atom. The second-order valence-corrected chi connectivity index (χ2v) is 16.9. The first-order chi connectivity index (χ1) is 29.2. The smallest absolute Gasteiger partial charge is 0.0361 e. The van der Waals surface area contributed by atoms with Gasteiger partial charge in [-0.3, -0.25) is 0 Å². The molecule has 6 aromatic carbocycles. The van der Waals surface area contributed by atoms with Crippen molar-refractivity contribution in [1.82, 2.24) is 0 Å². The van der Waals surface area contributed by atoms with E-state index in [1.54, 1.807) is 0 Å². The zero-order valence-corrected chi connectivity index (χ0v) is 34.3. The lowest BCUT2D eigenvalue weighted by molar-refractivity contribution is 0.816. The van der Waals surface area contributed by atoms with Gasteiger partial charge in [0.05, 0.1) is 0 Å². The predicted octanol–water partition coefficient (Wildman–Crippen LogP) is 16.1. The standard InChI is InChI=1S/C58H46S/c1-2-3-6-17-42(47-25-15-27-51-48-21-11-9-19-44(48)37-55(47)51)35-32-40-30-33-41(34-31-40)46-36-43(50-26-16-28-52-49-22-12-10-20-45(49)38-56(50)52)18-7-4-5-8-23-54-53-24-13-14-29-57(53)59-58(54)39-46/h4-5,7-36,39H,2-3,6,37-38H2,1H3/b5-4+,7-4?,8-5?,18-7-,23-8-,35-32-,42-17+,43-18?,43-36+,46-36?,46-39+,54-23?,58-39?. The fraction of sp³-hybridized carbons (Fsp3) is 0.103. The second kappa shape index (κ2) is 16.4. The van der Waals surface area contributed by atoms with E-state index in [2.05, 4.69) is 207 Å². The van der Waals surface area contributed by atoms with E-state index >= 15 is 0 Å². The molecule has 1 heterocycles. The molecule has 0 unspecified atom stereocenters. The zero-order chi connectivity index (χ0) is 39.5. The molecule has 0 saturated carbocycles. The molecule has 284 valence electrons. The molecule has 59 heavy (non-hydrogen) atoms. The third-order valence-corrected chi connectivity index (χ3v) is 13.2. The second-order valence-electron chi connectivity index (χ2n) is 15.8. The lowest BCUT2D eigenvalue weighted by Gasteiger charge is -2.13. The first-order valence-corrected chi connectivity index (χ1v) is 21.9. The molecule has 0 N–H and O–H groups in total. The highest BCUT2D eigenvalue weighted by atomic mass is 32.1. The summed E-state index contributed by atoms with van der Waals surface area (Å²) in [5, 5.41) is 1.29. The Balaban J connectivity index is 1.05. The highest BCUT2D eigenvalue weighted by molar-refractivity contribution is 7.20.